The predicted octanol–water partition coefficient (Wildman–Crippen LogP) is 2.06. The summed E-state index contributed by atoms with van der Waals surface area (Å²) in [4.78, 5) is 28.8. The second-order valence-electron chi connectivity index (χ2n) is 5.86. The minimum Gasteiger partial charge on any atom is -0.343 e. The predicted molar refractivity (Wildman–Crippen MR) is 98.4 cm³/mol. The maximum atomic E-state index is 12.4. The number of carbonyl (C=O) groups is 2. The molecule has 0 spiro atoms. The number of amides is 2. The van der Waals surface area contributed by atoms with Gasteiger partial charge in [-0.25, -0.2) is 4.98 Å². The third kappa shape index (κ3) is 4.16. The number of nitrogens with one attached hydrogen (secondary N) is 2. The molecule has 1 unspecified atom stereocenters. The van der Waals surface area contributed by atoms with E-state index < -0.39 is 6.04 Å². The molecule has 2 amide bonds. The molecule has 0 aliphatic heterocycles. The van der Waals surface area contributed by atoms with Gasteiger partial charge >= 0.3 is 0 Å². The molecule has 2 aromatic carbocycles. The van der Waals surface area contributed by atoms with Crippen LogP contribution in [0.5, 0.6) is 0 Å². The van der Waals surface area contributed by atoms with Crippen LogP contribution in [-0.2, 0) is 11.8 Å². The lowest BCUT2D eigenvalue weighted by atomic mass is 10.1. The molecule has 0 saturated carbocycles. The molecule has 0 aliphatic carbocycles. The molecule has 0 fully saturated rings. The Morgan fingerprint density at radius 2 is 1.69 bits per heavy atom. The SMILES string of the molecule is Cn1ccnc1C(NC(=O)CNC(=O)c1ccccc1)c1ccccc1. The van der Waals surface area contributed by atoms with Gasteiger partial charge in [0.15, 0.2) is 0 Å². The van der Waals surface area contributed by atoms with Gasteiger partial charge in [-0.05, 0) is 17.7 Å². The minimum absolute atomic E-state index is 0.110. The molecule has 0 aliphatic rings. The Morgan fingerprint density at radius 3 is 2.31 bits per heavy atom. The number of carbonyl (C=O) groups excluding carboxylic acids is 2. The smallest absolute Gasteiger partial charge is 0.251 e. The zero-order valence-electron chi connectivity index (χ0n) is 14.4. The fourth-order valence-electron chi connectivity index (χ4n) is 2.66. The first-order valence-corrected chi connectivity index (χ1v) is 8.30. The Balaban J connectivity index is 1.68. The van der Waals surface area contributed by atoms with E-state index in [-0.39, 0.29) is 18.4 Å². The molecular weight excluding hydrogens is 328 g/mol. The molecule has 6 nitrogen and oxygen atoms in total. The molecule has 0 radical (unpaired) electrons. The summed E-state index contributed by atoms with van der Waals surface area (Å²) in [5.74, 6) is 0.152. The molecule has 3 aromatic rings. The summed E-state index contributed by atoms with van der Waals surface area (Å²) in [5, 5.41) is 5.58. The Labute approximate surface area is 151 Å². The highest BCUT2D eigenvalue weighted by Crippen LogP contribution is 2.19. The van der Waals surface area contributed by atoms with Crippen LogP contribution in [0.15, 0.2) is 73.1 Å². The van der Waals surface area contributed by atoms with E-state index in [9.17, 15) is 9.59 Å². The summed E-state index contributed by atoms with van der Waals surface area (Å²) in [6.07, 6.45) is 3.52. The van der Waals surface area contributed by atoms with Crippen LogP contribution in [-0.4, -0.2) is 27.9 Å². The van der Waals surface area contributed by atoms with E-state index in [1.807, 2.05) is 54.2 Å². The first kappa shape index (κ1) is 17.4. The van der Waals surface area contributed by atoms with E-state index in [4.69, 9.17) is 0 Å². The quantitative estimate of drug-likeness (QED) is 0.716. The number of rotatable bonds is 6. The van der Waals surface area contributed by atoms with Crippen molar-refractivity contribution < 1.29 is 9.59 Å². The van der Waals surface area contributed by atoms with Gasteiger partial charge in [-0.15, -0.1) is 0 Å². The fourth-order valence-corrected chi connectivity index (χ4v) is 2.66. The first-order valence-electron chi connectivity index (χ1n) is 8.30. The zero-order valence-corrected chi connectivity index (χ0v) is 14.4. The molecule has 2 N–H and O–H groups in total. The Bertz CT molecular complexity index is 875. The van der Waals surface area contributed by atoms with E-state index in [2.05, 4.69) is 15.6 Å². The van der Waals surface area contributed by atoms with Gasteiger partial charge in [-0.1, -0.05) is 48.5 Å². The number of aryl methyl sites for hydroxylation is 1. The summed E-state index contributed by atoms with van der Waals surface area (Å²) in [7, 11) is 1.88. The maximum Gasteiger partial charge on any atom is 0.251 e. The molecule has 3 rings (SSSR count). The Kier molecular flexibility index (Phi) is 5.43. The van der Waals surface area contributed by atoms with Crippen molar-refractivity contribution >= 4 is 11.8 Å². The van der Waals surface area contributed by atoms with Gasteiger partial charge in [0.1, 0.15) is 11.9 Å². The van der Waals surface area contributed by atoms with Gasteiger partial charge < -0.3 is 15.2 Å². The van der Waals surface area contributed by atoms with Crippen LogP contribution in [0, 0.1) is 0 Å². The third-order valence-corrected chi connectivity index (χ3v) is 4.00. The van der Waals surface area contributed by atoms with E-state index in [0.717, 1.165) is 11.4 Å². The average Bonchev–Trinajstić information content (AvgIpc) is 3.11. The second-order valence-corrected chi connectivity index (χ2v) is 5.86. The molecule has 1 aromatic heterocycles. The molecular formula is C20H20N4O2. The van der Waals surface area contributed by atoms with Gasteiger partial charge in [-0.2, -0.15) is 0 Å². The number of hydrogen-bond acceptors (Lipinski definition) is 3. The van der Waals surface area contributed by atoms with Crippen molar-refractivity contribution in [2.45, 2.75) is 6.04 Å². The molecule has 132 valence electrons. The topological polar surface area (TPSA) is 76.0 Å². The highest BCUT2D eigenvalue weighted by Gasteiger charge is 2.20. The van der Waals surface area contributed by atoms with Gasteiger partial charge in [0.05, 0.1) is 6.54 Å². The van der Waals surface area contributed by atoms with E-state index in [1.54, 1.807) is 30.5 Å². The average molecular weight is 348 g/mol. The molecule has 0 saturated heterocycles. The second kappa shape index (κ2) is 8.11. The van der Waals surface area contributed by atoms with Crippen molar-refractivity contribution in [2.75, 3.05) is 6.54 Å². The summed E-state index contributed by atoms with van der Waals surface area (Å²) in [6.45, 7) is -0.110. The van der Waals surface area contributed by atoms with Crippen molar-refractivity contribution in [1.82, 2.24) is 20.2 Å². The van der Waals surface area contributed by atoms with Crippen LogP contribution >= 0.6 is 0 Å². The monoisotopic (exact) mass is 348 g/mol. The van der Waals surface area contributed by atoms with Crippen molar-refractivity contribution in [3.05, 3.63) is 90.0 Å². The molecule has 1 heterocycles. The van der Waals surface area contributed by atoms with Crippen LogP contribution in [0.3, 0.4) is 0 Å². The van der Waals surface area contributed by atoms with Gasteiger partial charge in [0.25, 0.3) is 5.91 Å². The first-order chi connectivity index (χ1) is 12.6. The Hall–Kier alpha value is -3.41. The van der Waals surface area contributed by atoms with Crippen molar-refractivity contribution in [3.63, 3.8) is 0 Å². The van der Waals surface area contributed by atoms with Crippen LogP contribution in [0.1, 0.15) is 27.8 Å². The van der Waals surface area contributed by atoms with Gasteiger partial charge in [-0.3, -0.25) is 9.59 Å². The van der Waals surface area contributed by atoms with Crippen LogP contribution in [0.2, 0.25) is 0 Å². The minimum atomic E-state index is -0.391. The molecule has 1 atom stereocenters. The molecule has 26 heavy (non-hydrogen) atoms. The van der Waals surface area contributed by atoms with Crippen molar-refractivity contribution in [2.24, 2.45) is 7.05 Å². The lowest BCUT2D eigenvalue weighted by molar-refractivity contribution is -0.120. The van der Waals surface area contributed by atoms with E-state index in [0.29, 0.717) is 5.56 Å². The fraction of sp³-hybridized carbons (Fsp3) is 0.150. The number of benzene rings is 2. The van der Waals surface area contributed by atoms with Crippen LogP contribution < -0.4 is 10.6 Å². The van der Waals surface area contributed by atoms with Gasteiger partial charge in [0, 0.05) is 25.0 Å². The third-order valence-electron chi connectivity index (χ3n) is 4.00. The molecule has 6 heteroatoms. The van der Waals surface area contributed by atoms with E-state index in [1.165, 1.54) is 0 Å². The highest BCUT2D eigenvalue weighted by molar-refractivity contribution is 5.96. The standard InChI is InChI=1S/C20H20N4O2/c1-24-13-12-21-19(24)18(15-8-4-2-5-9-15)23-17(25)14-22-20(26)16-10-6-3-7-11-16/h2-13,18H,14H2,1H3,(H,22,26)(H,23,25). The summed E-state index contributed by atoms with van der Waals surface area (Å²) >= 11 is 0. The van der Waals surface area contributed by atoms with Crippen LogP contribution in [0.4, 0.5) is 0 Å². The van der Waals surface area contributed by atoms with Gasteiger partial charge in [0.2, 0.25) is 5.91 Å². The highest BCUT2D eigenvalue weighted by atomic mass is 16.2. The Morgan fingerprint density at radius 1 is 1.04 bits per heavy atom. The van der Waals surface area contributed by atoms with Crippen molar-refractivity contribution in [1.29, 1.82) is 0 Å². The largest absolute Gasteiger partial charge is 0.343 e. The maximum absolute atomic E-state index is 12.4. The number of aromatic nitrogens is 2. The zero-order chi connectivity index (χ0) is 18.4. The van der Waals surface area contributed by atoms with Crippen LogP contribution in [0.25, 0.3) is 0 Å². The number of imidazole rings is 1. The normalized spacial score (nSPS) is 11.6. The number of hydrogen-bond donors (Lipinski definition) is 2. The summed E-state index contributed by atoms with van der Waals surface area (Å²) in [6, 6.07) is 18.0. The summed E-state index contributed by atoms with van der Waals surface area (Å²) in [5.41, 5.74) is 1.44. The lowest BCUT2D eigenvalue weighted by Crippen LogP contribution is -2.39. The van der Waals surface area contributed by atoms with Crippen molar-refractivity contribution in [3.8, 4) is 0 Å². The summed E-state index contributed by atoms with van der Waals surface area (Å²) < 4.78 is 1.86. The number of nitrogens with zero attached hydrogens (tertiary/aromatic N) is 2. The lowest BCUT2D eigenvalue weighted by Gasteiger charge is -2.19. The van der Waals surface area contributed by atoms with E-state index >= 15 is 0 Å². The molecule has 0 bridgehead atoms.